The Hall–Kier alpha value is -2.10. The monoisotopic (exact) mass is 258 g/mol. The zero-order valence-electron chi connectivity index (χ0n) is 11.6. The molecule has 2 rings (SSSR count). The lowest BCUT2D eigenvalue weighted by Crippen LogP contribution is -2.01. The first-order chi connectivity index (χ1) is 8.97. The number of aromatic hydroxyl groups is 1. The molecular weight excluding hydrogens is 240 g/mol. The first kappa shape index (κ1) is 13.3. The molecule has 2 aromatic rings. The van der Waals surface area contributed by atoms with Gasteiger partial charge in [-0.2, -0.15) is 4.98 Å². The number of aromatic nitrogens is 2. The molecule has 0 aliphatic carbocycles. The van der Waals surface area contributed by atoms with Crippen molar-refractivity contribution >= 4 is 0 Å². The fourth-order valence-corrected chi connectivity index (χ4v) is 1.70. The highest BCUT2D eigenvalue weighted by atomic mass is 16.5. The minimum atomic E-state index is 0.215. The molecule has 100 valence electrons. The standard InChI is InChI=1S/C15H18N2O2/c1-9(2)15-16-10(3)8-14(17-15)19-13-7-5-6-12(18)11(13)4/h5-9,18H,1-4H3. The summed E-state index contributed by atoms with van der Waals surface area (Å²) in [6.07, 6.45) is 0. The fourth-order valence-electron chi connectivity index (χ4n) is 1.70. The summed E-state index contributed by atoms with van der Waals surface area (Å²) >= 11 is 0. The highest BCUT2D eigenvalue weighted by molar-refractivity contribution is 5.44. The van der Waals surface area contributed by atoms with Gasteiger partial charge in [0.25, 0.3) is 0 Å². The van der Waals surface area contributed by atoms with Crippen molar-refractivity contribution in [3.05, 3.63) is 41.3 Å². The lowest BCUT2D eigenvalue weighted by molar-refractivity contribution is 0.435. The first-order valence-corrected chi connectivity index (χ1v) is 6.29. The second-order valence-electron chi connectivity index (χ2n) is 4.86. The number of hydrogen-bond acceptors (Lipinski definition) is 4. The molecule has 0 saturated carbocycles. The third-order valence-electron chi connectivity index (χ3n) is 2.83. The average Bonchev–Trinajstić information content (AvgIpc) is 2.34. The fraction of sp³-hybridized carbons (Fsp3) is 0.333. The van der Waals surface area contributed by atoms with Crippen LogP contribution in [-0.4, -0.2) is 15.1 Å². The van der Waals surface area contributed by atoms with Gasteiger partial charge in [0, 0.05) is 23.2 Å². The molecule has 0 fully saturated rings. The quantitative estimate of drug-likeness (QED) is 0.911. The van der Waals surface area contributed by atoms with Crippen molar-refractivity contribution in [1.29, 1.82) is 0 Å². The van der Waals surface area contributed by atoms with Gasteiger partial charge < -0.3 is 9.84 Å². The van der Waals surface area contributed by atoms with Crippen LogP contribution < -0.4 is 4.74 Å². The van der Waals surface area contributed by atoms with Gasteiger partial charge in [0.05, 0.1) is 0 Å². The van der Waals surface area contributed by atoms with Crippen molar-refractivity contribution in [1.82, 2.24) is 9.97 Å². The Morgan fingerprint density at radius 3 is 2.58 bits per heavy atom. The maximum Gasteiger partial charge on any atom is 0.222 e. The average molecular weight is 258 g/mol. The van der Waals surface area contributed by atoms with Gasteiger partial charge in [-0.15, -0.1) is 0 Å². The highest BCUT2D eigenvalue weighted by Crippen LogP contribution is 2.30. The maximum atomic E-state index is 9.66. The zero-order valence-corrected chi connectivity index (χ0v) is 11.6. The van der Waals surface area contributed by atoms with Crippen LogP contribution in [0.1, 0.15) is 36.8 Å². The number of phenols is 1. The Bertz CT molecular complexity index is 595. The van der Waals surface area contributed by atoms with Gasteiger partial charge >= 0.3 is 0 Å². The van der Waals surface area contributed by atoms with Gasteiger partial charge in [-0.05, 0) is 26.0 Å². The van der Waals surface area contributed by atoms with Crippen molar-refractivity contribution in [2.45, 2.75) is 33.6 Å². The number of phenolic OH excluding ortho intramolecular Hbond substituents is 1. The molecule has 4 heteroatoms. The van der Waals surface area contributed by atoms with Crippen LogP contribution in [-0.2, 0) is 0 Å². The van der Waals surface area contributed by atoms with E-state index in [0.717, 1.165) is 11.5 Å². The molecule has 0 amide bonds. The van der Waals surface area contributed by atoms with Crippen LogP contribution in [0.4, 0.5) is 0 Å². The van der Waals surface area contributed by atoms with Gasteiger partial charge in [0.1, 0.15) is 17.3 Å². The number of nitrogens with zero attached hydrogens (tertiary/aromatic N) is 2. The van der Waals surface area contributed by atoms with Crippen molar-refractivity contribution in [2.24, 2.45) is 0 Å². The van der Waals surface area contributed by atoms with Crippen LogP contribution in [0.3, 0.4) is 0 Å². The number of aryl methyl sites for hydroxylation is 1. The number of hydrogen-bond donors (Lipinski definition) is 1. The Kier molecular flexibility index (Phi) is 3.69. The molecule has 0 spiro atoms. The second kappa shape index (κ2) is 5.26. The molecular formula is C15H18N2O2. The summed E-state index contributed by atoms with van der Waals surface area (Å²) in [7, 11) is 0. The Labute approximate surface area is 113 Å². The normalized spacial score (nSPS) is 10.8. The van der Waals surface area contributed by atoms with Gasteiger partial charge in [-0.25, -0.2) is 4.98 Å². The number of rotatable bonds is 3. The topological polar surface area (TPSA) is 55.2 Å². The molecule has 0 bridgehead atoms. The summed E-state index contributed by atoms with van der Waals surface area (Å²) < 4.78 is 5.75. The van der Waals surface area contributed by atoms with E-state index in [9.17, 15) is 5.11 Å². The molecule has 4 nitrogen and oxygen atoms in total. The van der Waals surface area contributed by atoms with Gasteiger partial charge in [0.15, 0.2) is 0 Å². The van der Waals surface area contributed by atoms with E-state index in [4.69, 9.17) is 4.74 Å². The van der Waals surface area contributed by atoms with E-state index in [1.54, 1.807) is 18.2 Å². The van der Waals surface area contributed by atoms with Crippen molar-refractivity contribution in [3.63, 3.8) is 0 Å². The zero-order chi connectivity index (χ0) is 14.0. The van der Waals surface area contributed by atoms with E-state index >= 15 is 0 Å². The summed E-state index contributed by atoms with van der Waals surface area (Å²) in [4.78, 5) is 8.76. The van der Waals surface area contributed by atoms with E-state index in [-0.39, 0.29) is 11.7 Å². The molecule has 0 aliphatic heterocycles. The minimum absolute atomic E-state index is 0.215. The maximum absolute atomic E-state index is 9.66. The van der Waals surface area contributed by atoms with E-state index in [0.29, 0.717) is 17.2 Å². The smallest absolute Gasteiger partial charge is 0.222 e. The Morgan fingerprint density at radius 2 is 1.89 bits per heavy atom. The number of benzene rings is 1. The Balaban J connectivity index is 2.35. The van der Waals surface area contributed by atoms with Crippen LogP contribution in [0, 0.1) is 13.8 Å². The van der Waals surface area contributed by atoms with Crippen LogP contribution >= 0.6 is 0 Å². The third kappa shape index (κ3) is 3.02. The summed E-state index contributed by atoms with van der Waals surface area (Å²) in [6, 6.07) is 6.97. The van der Waals surface area contributed by atoms with E-state index in [2.05, 4.69) is 9.97 Å². The molecule has 1 heterocycles. The SMILES string of the molecule is Cc1cc(Oc2cccc(O)c2C)nc(C(C)C)n1. The molecule has 0 aliphatic rings. The van der Waals surface area contributed by atoms with Gasteiger partial charge in [-0.3, -0.25) is 0 Å². The van der Waals surface area contributed by atoms with E-state index in [1.165, 1.54) is 0 Å². The first-order valence-electron chi connectivity index (χ1n) is 6.29. The molecule has 0 radical (unpaired) electrons. The summed E-state index contributed by atoms with van der Waals surface area (Å²) in [6.45, 7) is 7.80. The Morgan fingerprint density at radius 1 is 1.16 bits per heavy atom. The molecule has 0 saturated heterocycles. The van der Waals surface area contributed by atoms with Gasteiger partial charge in [-0.1, -0.05) is 19.9 Å². The van der Waals surface area contributed by atoms with Crippen LogP contribution in [0.15, 0.2) is 24.3 Å². The van der Waals surface area contributed by atoms with Crippen molar-refractivity contribution in [3.8, 4) is 17.4 Å². The molecule has 19 heavy (non-hydrogen) atoms. The molecule has 1 N–H and O–H groups in total. The van der Waals surface area contributed by atoms with Gasteiger partial charge in [0.2, 0.25) is 5.88 Å². The second-order valence-corrected chi connectivity index (χ2v) is 4.86. The van der Waals surface area contributed by atoms with E-state index < -0.39 is 0 Å². The largest absolute Gasteiger partial charge is 0.508 e. The summed E-state index contributed by atoms with van der Waals surface area (Å²) in [5.41, 5.74) is 1.57. The molecule has 0 unspecified atom stereocenters. The van der Waals surface area contributed by atoms with Crippen molar-refractivity contribution in [2.75, 3.05) is 0 Å². The van der Waals surface area contributed by atoms with Crippen LogP contribution in [0.2, 0.25) is 0 Å². The number of ether oxygens (including phenoxy) is 1. The molecule has 0 atom stereocenters. The predicted octanol–water partition coefficient (Wildman–Crippen LogP) is 3.71. The lowest BCUT2D eigenvalue weighted by atomic mass is 10.2. The van der Waals surface area contributed by atoms with Crippen molar-refractivity contribution < 1.29 is 9.84 Å². The minimum Gasteiger partial charge on any atom is -0.508 e. The van der Waals surface area contributed by atoms with Crippen LogP contribution in [0.25, 0.3) is 0 Å². The lowest BCUT2D eigenvalue weighted by Gasteiger charge is -2.11. The summed E-state index contributed by atoms with van der Waals surface area (Å²) in [5, 5.41) is 9.66. The van der Waals surface area contributed by atoms with E-state index in [1.807, 2.05) is 33.8 Å². The van der Waals surface area contributed by atoms with Crippen LogP contribution in [0.5, 0.6) is 17.4 Å². The third-order valence-corrected chi connectivity index (χ3v) is 2.83. The predicted molar refractivity (Wildman–Crippen MR) is 73.8 cm³/mol. The molecule has 1 aromatic heterocycles. The summed E-state index contributed by atoms with van der Waals surface area (Å²) in [5.74, 6) is 2.32. The highest BCUT2D eigenvalue weighted by Gasteiger charge is 2.10. The molecule has 1 aromatic carbocycles.